The van der Waals surface area contributed by atoms with Crippen LogP contribution in [0.3, 0.4) is 0 Å². The lowest BCUT2D eigenvalue weighted by Crippen LogP contribution is -2.46. The number of esters is 1. The molecule has 1 N–H and O–H groups in total. The third kappa shape index (κ3) is 4.94. The van der Waals surface area contributed by atoms with Crippen LogP contribution in [-0.2, 0) is 22.6 Å². The van der Waals surface area contributed by atoms with Gasteiger partial charge in [-0.1, -0.05) is 25.3 Å². The Morgan fingerprint density at radius 3 is 2.74 bits per heavy atom. The van der Waals surface area contributed by atoms with Crippen molar-refractivity contribution in [2.24, 2.45) is 11.8 Å². The van der Waals surface area contributed by atoms with E-state index in [9.17, 15) is 19.5 Å². The van der Waals surface area contributed by atoms with E-state index < -0.39 is 11.2 Å². The maximum Gasteiger partial charge on any atom is 0.306 e. The number of aromatic hydroxyl groups is 1. The Morgan fingerprint density at radius 1 is 1.17 bits per heavy atom. The van der Waals surface area contributed by atoms with Crippen LogP contribution in [0, 0.1) is 11.8 Å². The van der Waals surface area contributed by atoms with E-state index in [1.807, 2.05) is 16.7 Å². The number of likely N-dealkylation sites (tertiary alicyclic amines) is 1. The summed E-state index contributed by atoms with van der Waals surface area (Å²) in [6, 6.07) is 6.85. The Balaban J connectivity index is 1.40. The molecule has 0 radical (unpaired) electrons. The third-order valence-corrected chi connectivity index (χ3v) is 8.10. The summed E-state index contributed by atoms with van der Waals surface area (Å²) in [5, 5.41) is 10.7. The van der Waals surface area contributed by atoms with Gasteiger partial charge in [0.2, 0.25) is 11.2 Å². The molecule has 4 heterocycles. The highest BCUT2D eigenvalue weighted by Crippen LogP contribution is 2.41. The first-order valence-electron chi connectivity index (χ1n) is 12.8. The highest BCUT2D eigenvalue weighted by Gasteiger charge is 2.36. The van der Waals surface area contributed by atoms with Gasteiger partial charge in [-0.15, -0.1) is 0 Å². The topological polar surface area (TPSA) is 102 Å². The number of methoxy groups -OCH3 is 1. The number of nitrogens with zero attached hydrogens (tertiary/aromatic N) is 2. The molecule has 2 aromatic rings. The number of hydrogen-bond acceptors (Lipinski definition) is 7. The van der Waals surface area contributed by atoms with Crippen LogP contribution in [0.4, 0.5) is 0 Å². The lowest BCUT2D eigenvalue weighted by atomic mass is 9.77. The van der Waals surface area contributed by atoms with E-state index in [0.717, 1.165) is 57.3 Å². The molecule has 2 aliphatic heterocycles. The molecule has 2 fully saturated rings. The van der Waals surface area contributed by atoms with Crippen molar-refractivity contribution in [2.75, 3.05) is 20.2 Å². The minimum Gasteiger partial charge on any atom is -0.502 e. The normalized spacial score (nSPS) is 23.5. The van der Waals surface area contributed by atoms with Gasteiger partial charge >= 0.3 is 5.97 Å². The molecule has 1 saturated carbocycles. The van der Waals surface area contributed by atoms with Crippen molar-refractivity contribution in [3.8, 4) is 5.75 Å². The molecule has 1 aliphatic carbocycles. The molecule has 5 rings (SSSR count). The van der Waals surface area contributed by atoms with E-state index in [-0.39, 0.29) is 41.5 Å². The third-order valence-electron chi connectivity index (χ3n) is 8.10. The highest BCUT2D eigenvalue weighted by molar-refractivity contribution is 5.70. The fraction of sp³-hybridized carbons (Fsp3) is 0.593. The second-order valence-electron chi connectivity index (χ2n) is 10.5. The van der Waals surface area contributed by atoms with Crippen LogP contribution < -0.4 is 11.0 Å². The summed E-state index contributed by atoms with van der Waals surface area (Å²) in [4.78, 5) is 39.6. The lowest BCUT2D eigenvalue weighted by molar-refractivity contribution is -0.141. The number of hydrogen-bond donors (Lipinski definition) is 1. The van der Waals surface area contributed by atoms with Crippen molar-refractivity contribution in [1.82, 2.24) is 9.47 Å². The molecule has 188 valence electrons. The Hall–Kier alpha value is -2.87. The Kier molecular flexibility index (Phi) is 6.82. The van der Waals surface area contributed by atoms with E-state index in [4.69, 9.17) is 9.15 Å². The SMILES string of the molecule is COC(=O)CC(c1oc(CN2C[C@H]3C[C@@H](C2)c2cccc(=O)n2C3)cc(=O)c1O)C1CCCCC1. The van der Waals surface area contributed by atoms with E-state index >= 15 is 0 Å². The largest absolute Gasteiger partial charge is 0.502 e. The van der Waals surface area contributed by atoms with Gasteiger partial charge in [-0.05, 0) is 37.2 Å². The Bertz CT molecular complexity index is 1190. The summed E-state index contributed by atoms with van der Waals surface area (Å²) < 4.78 is 13.0. The molecule has 1 unspecified atom stereocenters. The van der Waals surface area contributed by atoms with Gasteiger partial charge in [0.05, 0.1) is 20.1 Å². The molecule has 8 heteroatoms. The molecule has 0 amide bonds. The summed E-state index contributed by atoms with van der Waals surface area (Å²) >= 11 is 0. The van der Waals surface area contributed by atoms with Crippen LogP contribution in [-0.4, -0.2) is 40.7 Å². The summed E-state index contributed by atoms with van der Waals surface area (Å²) in [6.07, 6.45) is 6.28. The van der Waals surface area contributed by atoms with Crippen LogP contribution in [0.2, 0.25) is 0 Å². The van der Waals surface area contributed by atoms with Crippen LogP contribution in [0.5, 0.6) is 5.75 Å². The minimum absolute atomic E-state index is 0.0548. The zero-order valence-corrected chi connectivity index (χ0v) is 20.3. The van der Waals surface area contributed by atoms with Gasteiger partial charge in [-0.2, -0.15) is 0 Å². The van der Waals surface area contributed by atoms with Crippen molar-refractivity contribution < 1.29 is 19.1 Å². The molecular formula is C27H34N2O6. The fourth-order valence-electron chi connectivity index (χ4n) is 6.50. The number of pyridine rings is 1. The zero-order valence-electron chi connectivity index (χ0n) is 20.3. The van der Waals surface area contributed by atoms with Gasteiger partial charge in [0.1, 0.15) is 5.76 Å². The summed E-state index contributed by atoms with van der Waals surface area (Å²) in [5.74, 6) is 0.361. The Morgan fingerprint density at radius 2 is 1.97 bits per heavy atom. The minimum atomic E-state index is -0.471. The molecule has 3 atom stereocenters. The standard InChI is InChI=1S/C27H34N2O6/c1-34-25(32)12-21(18-6-3-2-4-7-18)27-26(33)23(30)11-20(35-27)16-28-13-17-10-19(15-28)22-8-5-9-24(31)29(22)14-17/h5,8-9,11,17-19,21,33H,2-4,6-7,10,12-16H2,1H3/t17-,19+,21?/m1/s1. The number of aromatic nitrogens is 1. The van der Waals surface area contributed by atoms with Crippen molar-refractivity contribution >= 4 is 5.97 Å². The quantitative estimate of drug-likeness (QED) is 0.630. The average molecular weight is 483 g/mol. The predicted octanol–water partition coefficient (Wildman–Crippen LogP) is 3.35. The highest BCUT2D eigenvalue weighted by atomic mass is 16.5. The number of rotatable bonds is 6. The molecular weight excluding hydrogens is 448 g/mol. The predicted molar refractivity (Wildman–Crippen MR) is 129 cm³/mol. The maximum atomic E-state index is 12.8. The number of carbonyl (C=O) groups excluding carboxylic acids is 1. The van der Waals surface area contributed by atoms with E-state index in [1.165, 1.54) is 13.2 Å². The lowest BCUT2D eigenvalue weighted by Gasteiger charge is -2.42. The monoisotopic (exact) mass is 482 g/mol. The number of carbonyl (C=O) groups is 1. The van der Waals surface area contributed by atoms with Gasteiger partial charge in [0.15, 0.2) is 5.76 Å². The van der Waals surface area contributed by atoms with Crippen LogP contribution in [0.15, 0.2) is 38.3 Å². The van der Waals surface area contributed by atoms with E-state index in [1.54, 1.807) is 6.07 Å². The van der Waals surface area contributed by atoms with Gasteiger partial charge in [-0.25, -0.2) is 0 Å². The van der Waals surface area contributed by atoms with E-state index in [2.05, 4.69) is 4.90 Å². The van der Waals surface area contributed by atoms with Crippen molar-refractivity contribution in [3.63, 3.8) is 0 Å². The number of ether oxygens (including phenoxy) is 1. The molecule has 8 nitrogen and oxygen atoms in total. The van der Waals surface area contributed by atoms with Crippen LogP contribution in [0.25, 0.3) is 0 Å². The van der Waals surface area contributed by atoms with Crippen molar-refractivity contribution in [2.45, 2.75) is 69.9 Å². The van der Waals surface area contributed by atoms with E-state index in [0.29, 0.717) is 24.8 Å². The molecule has 0 aromatic carbocycles. The van der Waals surface area contributed by atoms with Gasteiger partial charge in [0, 0.05) is 49.3 Å². The van der Waals surface area contributed by atoms with Gasteiger partial charge < -0.3 is 18.8 Å². The second kappa shape index (κ2) is 10.0. The number of piperidine rings is 1. The smallest absolute Gasteiger partial charge is 0.306 e. The zero-order chi connectivity index (χ0) is 24.5. The molecule has 0 spiro atoms. The first-order chi connectivity index (χ1) is 16.9. The summed E-state index contributed by atoms with van der Waals surface area (Å²) in [7, 11) is 1.35. The number of fused-ring (bicyclic) bond motifs is 4. The molecule has 1 saturated heterocycles. The first kappa shape index (κ1) is 23.9. The van der Waals surface area contributed by atoms with Crippen LogP contribution in [0.1, 0.15) is 74.0 Å². The van der Waals surface area contributed by atoms with Crippen molar-refractivity contribution in [1.29, 1.82) is 0 Å². The van der Waals surface area contributed by atoms with Crippen LogP contribution >= 0.6 is 0 Å². The molecule has 2 bridgehead atoms. The molecule has 3 aliphatic rings. The molecule has 35 heavy (non-hydrogen) atoms. The van der Waals surface area contributed by atoms with Gasteiger partial charge in [0.25, 0.3) is 5.56 Å². The summed E-state index contributed by atoms with van der Waals surface area (Å²) in [5.41, 5.74) is 0.655. The second-order valence-corrected chi connectivity index (χ2v) is 10.5. The fourth-order valence-corrected chi connectivity index (χ4v) is 6.50. The summed E-state index contributed by atoms with van der Waals surface area (Å²) in [6.45, 7) is 2.73. The average Bonchev–Trinajstić information content (AvgIpc) is 2.86. The first-order valence-corrected chi connectivity index (χ1v) is 12.8. The maximum absolute atomic E-state index is 12.8. The molecule has 2 aromatic heterocycles. The Labute approximate surface area is 204 Å². The van der Waals surface area contributed by atoms with Crippen molar-refractivity contribution in [3.05, 3.63) is 62.1 Å². The van der Waals surface area contributed by atoms with Gasteiger partial charge in [-0.3, -0.25) is 19.3 Å².